The molecule has 4 N–H and O–H groups in total. The molecule has 8 nitrogen and oxygen atoms in total. The van der Waals surface area contributed by atoms with Crippen LogP contribution in [-0.4, -0.2) is 36.4 Å². The number of ether oxygens (including phenoxy) is 1. The zero-order valence-electron chi connectivity index (χ0n) is 20.3. The molecule has 2 aromatic carbocycles. The van der Waals surface area contributed by atoms with Crippen LogP contribution in [0.1, 0.15) is 54.8 Å². The maximum absolute atomic E-state index is 13.6. The number of phenolic OH excluding ortho intramolecular Hbond substituents is 1. The number of alkyl halides is 3. The van der Waals surface area contributed by atoms with Crippen LogP contribution in [0.2, 0.25) is 5.02 Å². The molecule has 0 bridgehead atoms. The molecule has 36 heavy (non-hydrogen) atoms. The van der Waals surface area contributed by atoms with E-state index in [0.29, 0.717) is 0 Å². The number of hydrogen-bond acceptors (Lipinski definition) is 6. The van der Waals surface area contributed by atoms with E-state index in [2.05, 4.69) is 10.8 Å². The molecule has 2 aromatic rings. The molecule has 1 atom stereocenters. The summed E-state index contributed by atoms with van der Waals surface area (Å²) >= 11 is 6.09. The van der Waals surface area contributed by atoms with Gasteiger partial charge in [-0.05, 0) is 56.2 Å². The number of halogens is 4. The Hall–Kier alpha value is -1.38. The number of nitrogens with one attached hydrogen (secondary N) is 1. The zero-order chi connectivity index (χ0) is 26.4. The fourth-order valence-corrected chi connectivity index (χ4v) is 3.25. The molecule has 0 aromatic heterocycles. The van der Waals surface area contributed by atoms with Crippen LogP contribution >= 0.6 is 11.6 Å². The number of carbonyl (C=O) groups excluding carboxylic acids is 2. The molecular formula is C23H26ClF3KN3O5. The van der Waals surface area contributed by atoms with Crippen LogP contribution in [0, 0.1) is 0 Å². The van der Waals surface area contributed by atoms with Gasteiger partial charge in [-0.25, -0.2) is 0 Å². The molecule has 0 aliphatic rings. The average Bonchev–Trinajstić information content (AvgIpc) is 2.74. The standard InChI is InChI=1S/C23H26ClF3N3O5.K/c1-4-34-20(32)11-19(13-5-15(9-16(24)6-13)22(2,3)23(25,26)27)35-30-12-29-21(33)14-7-17(28)10-18(31)8-14;/h5-10,19,31H,4,11-12,28H2,1-3H3,(H,29,33);/q-1;+1. The first-order valence-corrected chi connectivity index (χ1v) is 10.9. The van der Waals surface area contributed by atoms with Crippen molar-refractivity contribution >= 4 is 29.2 Å². The normalized spacial score (nSPS) is 12.4. The number of rotatable bonds is 10. The summed E-state index contributed by atoms with van der Waals surface area (Å²) in [5.41, 5.74) is 7.42. The summed E-state index contributed by atoms with van der Waals surface area (Å²) in [6.07, 6.45) is -6.05. The van der Waals surface area contributed by atoms with Gasteiger partial charge in [0, 0.05) is 22.3 Å². The molecule has 192 valence electrons. The predicted molar refractivity (Wildman–Crippen MR) is 124 cm³/mol. The molecule has 13 heteroatoms. The van der Waals surface area contributed by atoms with Crippen molar-refractivity contribution in [1.82, 2.24) is 5.32 Å². The minimum absolute atomic E-state index is 0. The topological polar surface area (TPSA) is 125 Å². The monoisotopic (exact) mass is 555 g/mol. The fraction of sp³-hybridized carbons (Fsp3) is 0.391. The van der Waals surface area contributed by atoms with E-state index in [1.807, 2.05) is 0 Å². The number of nitrogen functional groups attached to an aromatic ring is 1. The Kier molecular flexibility index (Phi) is 12.7. The van der Waals surface area contributed by atoms with Crippen LogP contribution in [0.5, 0.6) is 5.75 Å². The number of aromatic hydroxyl groups is 1. The molecule has 2 rings (SSSR count). The van der Waals surface area contributed by atoms with Crippen LogP contribution in [0.3, 0.4) is 0 Å². The number of nitrogens with two attached hydrogens (primary N) is 1. The molecular weight excluding hydrogens is 530 g/mol. The average molecular weight is 556 g/mol. The Balaban J connectivity index is 0.00000648. The summed E-state index contributed by atoms with van der Waals surface area (Å²) < 4.78 is 45.7. The number of phenols is 1. The Morgan fingerprint density at radius 3 is 2.42 bits per heavy atom. The minimum Gasteiger partial charge on any atom is -0.517 e. The van der Waals surface area contributed by atoms with Gasteiger partial charge >= 0.3 is 63.5 Å². The third-order valence-corrected chi connectivity index (χ3v) is 5.31. The molecule has 0 aliphatic carbocycles. The first-order valence-electron chi connectivity index (χ1n) is 10.5. The molecule has 0 fully saturated rings. The molecule has 0 heterocycles. The number of benzene rings is 2. The van der Waals surface area contributed by atoms with Gasteiger partial charge < -0.3 is 31.2 Å². The zero-order valence-corrected chi connectivity index (χ0v) is 24.2. The fourth-order valence-electron chi connectivity index (χ4n) is 3.01. The minimum atomic E-state index is -4.56. The van der Waals surface area contributed by atoms with E-state index >= 15 is 0 Å². The maximum Gasteiger partial charge on any atom is 1.00 e. The number of carbonyl (C=O) groups is 2. The summed E-state index contributed by atoms with van der Waals surface area (Å²) in [6.45, 7) is 3.35. The summed E-state index contributed by atoms with van der Waals surface area (Å²) in [7, 11) is 0. The van der Waals surface area contributed by atoms with E-state index in [0.717, 1.165) is 13.8 Å². The molecule has 1 amide bonds. The van der Waals surface area contributed by atoms with E-state index in [1.54, 1.807) is 6.92 Å². The quantitative estimate of drug-likeness (QED) is 0.136. The summed E-state index contributed by atoms with van der Waals surface area (Å²) in [5, 5.41) is 12.0. The Labute approximate surface area is 254 Å². The first-order chi connectivity index (χ1) is 16.2. The number of hydrogen-bond donors (Lipinski definition) is 3. The van der Waals surface area contributed by atoms with Gasteiger partial charge in [-0.2, -0.15) is 13.2 Å². The van der Waals surface area contributed by atoms with Gasteiger partial charge in [0.1, 0.15) is 5.75 Å². The summed E-state index contributed by atoms with van der Waals surface area (Å²) in [6, 6.07) is 7.61. The van der Waals surface area contributed by atoms with Crippen molar-refractivity contribution in [1.29, 1.82) is 0 Å². The maximum atomic E-state index is 13.6. The van der Waals surface area contributed by atoms with Crippen LogP contribution in [0.25, 0.3) is 5.48 Å². The second kappa shape index (κ2) is 14.0. The smallest absolute Gasteiger partial charge is 0.517 e. The third-order valence-electron chi connectivity index (χ3n) is 5.09. The molecule has 0 saturated heterocycles. The summed E-state index contributed by atoms with van der Waals surface area (Å²) in [4.78, 5) is 29.7. The van der Waals surface area contributed by atoms with E-state index in [4.69, 9.17) is 26.9 Å². The van der Waals surface area contributed by atoms with Crippen molar-refractivity contribution < 1.29 is 88.8 Å². The van der Waals surface area contributed by atoms with Gasteiger partial charge in [-0.15, -0.1) is 0 Å². The van der Waals surface area contributed by atoms with Gasteiger partial charge in [0.25, 0.3) is 0 Å². The van der Waals surface area contributed by atoms with Crippen LogP contribution in [0.4, 0.5) is 18.9 Å². The molecule has 0 radical (unpaired) electrons. The largest absolute Gasteiger partial charge is 1.00 e. The number of anilines is 1. The molecule has 1 unspecified atom stereocenters. The number of amides is 1. The number of nitrogens with zero attached hydrogens (tertiary/aromatic N) is 1. The number of esters is 1. The second-order valence-corrected chi connectivity index (χ2v) is 8.54. The van der Waals surface area contributed by atoms with Gasteiger partial charge in [-0.3, -0.25) is 9.59 Å². The van der Waals surface area contributed by atoms with Crippen molar-refractivity contribution in [3.8, 4) is 5.75 Å². The van der Waals surface area contributed by atoms with E-state index in [-0.39, 0.29) is 104 Å². The summed E-state index contributed by atoms with van der Waals surface area (Å²) in [5.74, 6) is -1.47. The van der Waals surface area contributed by atoms with Crippen LogP contribution < -0.4 is 62.4 Å². The Morgan fingerprint density at radius 2 is 1.83 bits per heavy atom. The van der Waals surface area contributed by atoms with E-state index in [1.165, 1.54) is 36.4 Å². The van der Waals surface area contributed by atoms with Crippen molar-refractivity contribution in [2.45, 2.75) is 44.9 Å². The van der Waals surface area contributed by atoms with Crippen molar-refractivity contribution in [2.75, 3.05) is 19.0 Å². The van der Waals surface area contributed by atoms with Gasteiger partial charge in [0.05, 0.1) is 24.5 Å². The number of hydroxylamine groups is 1. The van der Waals surface area contributed by atoms with Crippen LogP contribution in [0.15, 0.2) is 36.4 Å². The van der Waals surface area contributed by atoms with Gasteiger partial charge in [0.15, 0.2) is 0 Å². The third kappa shape index (κ3) is 9.17. The van der Waals surface area contributed by atoms with Crippen molar-refractivity contribution in [3.63, 3.8) is 0 Å². The molecule has 0 aliphatic heterocycles. The van der Waals surface area contributed by atoms with Gasteiger partial charge in [0.2, 0.25) is 5.91 Å². The van der Waals surface area contributed by atoms with Crippen molar-refractivity contribution in [3.05, 3.63) is 63.6 Å². The molecule has 0 saturated carbocycles. The van der Waals surface area contributed by atoms with Crippen molar-refractivity contribution in [2.24, 2.45) is 0 Å². The Morgan fingerprint density at radius 1 is 1.17 bits per heavy atom. The van der Waals surface area contributed by atoms with Crippen LogP contribution in [-0.2, 0) is 19.8 Å². The Bertz CT molecular complexity index is 1050. The van der Waals surface area contributed by atoms with E-state index < -0.39 is 29.6 Å². The predicted octanol–water partition coefficient (Wildman–Crippen LogP) is 2.16. The second-order valence-electron chi connectivity index (χ2n) is 8.11. The SMILES string of the molecule is CCOC(=O)CC(O[N-]CNC(=O)c1cc(N)cc(O)c1)c1cc(Cl)cc(C(C)(C)C(F)(F)F)c1.[K+]. The van der Waals surface area contributed by atoms with E-state index in [9.17, 15) is 27.9 Å². The first kappa shape index (κ1) is 32.6. The van der Waals surface area contributed by atoms with Gasteiger partial charge in [-0.1, -0.05) is 24.3 Å². The molecule has 0 spiro atoms.